The molecule has 0 aliphatic carbocycles. The van der Waals surface area contributed by atoms with Gasteiger partial charge in [-0.2, -0.15) is 0 Å². The molecule has 1 unspecified atom stereocenters. The van der Waals surface area contributed by atoms with E-state index in [4.69, 9.17) is 11.6 Å². The van der Waals surface area contributed by atoms with E-state index in [1.807, 2.05) is 18.2 Å². The van der Waals surface area contributed by atoms with Crippen LogP contribution in [0.25, 0.3) is 0 Å². The predicted molar refractivity (Wildman–Crippen MR) is 56.2 cm³/mol. The fourth-order valence-electron chi connectivity index (χ4n) is 1.50. The minimum Gasteiger partial charge on any atom is -0.383 e. The molecular formula is C10H13ClN2. The molecule has 0 saturated heterocycles. The maximum absolute atomic E-state index is 5.91. The van der Waals surface area contributed by atoms with Crippen LogP contribution in [0.15, 0.2) is 18.2 Å². The number of anilines is 1. The number of hydrogen-bond donors (Lipinski definition) is 2. The normalized spacial score (nSPS) is 21.5. The molecule has 2 nitrogen and oxygen atoms in total. The summed E-state index contributed by atoms with van der Waals surface area (Å²) in [5, 5.41) is 7.59. The van der Waals surface area contributed by atoms with Gasteiger partial charge >= 0.3 is 0 Å². The molecular weight excluding hydrogens is 184 g/mol. The fraction of sp³-hybridized carbons (Fsp3) is 0.400. The number of benzene rings is 1. The van der Waals surface area contributed by atoms with Gasteiger partial charge in [-0.15, -0.1) is 0 Å². The second-order valence-corrected chi connectivity index (χ2v) is 3.90. The quantitative estimate of drug-likeness (QED) is 0.665. The van der Waals surface area contributed by atoms with E-state index in [2.05, 4.69) is 17.6 Å². The highest BCUT2D eigenvalue weighted by molar-refractivity contribution is 6.30. The molecule has 0 spiro atoms. The minimum absolute atomic E-state index is 0.506. The van der Waals surface area contributed by atoms with Crippen molar-refractivity contribution in [3.63, 3.8) is 0 Å². The van der Waals surface area contributed by atoms with E-state index < -0.39 is 0 Å². The Hall–Kier alpha value is -0.730. The number of nitrogens with one attached hydrogen (secondary N) is 2. The Balaban J connectivity index is 2.30. The first kappa shape index (κ1) is 8.85. The number of fused-ring (bicyclic) bond motifs is 1. The van der Waals surface area contributed by atoms with Crippen LogP contribution in [0.4, 0.5) is 5.69 Å². The van der Waals surface area contributed by atoms with Gasteiger partial charge in [-0.05, 0) is 30.7 Å². The SMILES string of the molecule is CC1CNc2ccc(Cl)cc2CN1. The second kappa shape index (κ2) is 3.56. The molecule has 1 aromatic rings. The summed E-state index contributed by atoms with van der Waals surface area (Å²) in [5.41, 5.74) is 2.44. The van der Waals surface area contributed by atoms with E-state index in [0.717, 1.165) is 18.1 Å². The molecule has 0 bridgehead atoms. The zero-order valence-corrected chi connectivity index (χ0v) is 8.36. The van der Waals surface area contributed by atoms with Crippen molar-refractivity contribution < 1.29 is 0 Å². The molecule has 0 aromatic heterocycles. The molecule has 1 aliphatic heterocycles. The van der Waals surface area contributed by atoms with Crippen molar-refractivity contribution in [1.29, 1.82) is 0 Å². The molecule has 0 saturated carbocycles. The molecule has 1 atom stereocenters. The van der Waals surface area contributed by atoms with E-state index in [9.17, 15) is 0 Å². The van der Waals surface area contributed by atoms with Crippen molar-refractivity contribution in [3.05, 3.63) is 28.8 Å². The van der Waals surface area contributed by atoms with Crippen LogP contribution in [0.2, 0.25) is 5.02 Å². The summed E-state index contributed by atoms with van der Waals surface area (Å²) in [6, 6.07) is 6.47. The van der Waals surface area contributed by atoms with Crippen molar-refractivity contribution in [1.82, 2.24) is 5.32 Å². The standard InChI is InChI=1S/C10H13ClN2/c1-7-5-13-10-3-2-9(11)4-8(10)6-12-7/h2-4,7,12-13H,5-6H2,1H3. The van der Waals surface area contributed by atoms with Crippen LogP contribution >= 0.6 is 11.6 Å². The molecule has 1 aliphatic rings. The lowest BCUT2D eigenvalue weighted by Gasteiger charge is -2.08. The second-order valence-electron chi connectivity index (χ2n) is 3.46. The Morgan fingerprint density at radius 3 is 3.15 bits per heavy atom. The molecule has 2 N–H and O–H groups in total. The summed E-state index contributed by atoms with van der Waals surface area (Å²) < 4.78 is 0. The number of rotatable bonds is 0. The Bertz CT molecular complexity index is 312. The van der Waals surface area contributed by atoms with Crippen LogP contribution in [0.5, 0.6) is 0 Å². The molecule has 70 valence electrons. The lowest BCUT2D eigenvalue weighted by molar-refractivity contribution is 0.581. The zero-order valence-electron chi connectivity index (χ0n) is 7.60. The monoisotopic (exact) mass is 196 g/mol. The van der Waals surface area contributed by atoms with E-state index in [0.29, 0.717) is 6.04 Å². The molecule has 0 radical (unpaired) electrons. The average molecular weight is 197 g/mol. The van der Waals surface area contributed by atoms with Crippen molar-refractivity contribution in [2.75, 3.05) is 11.9 Å². The first-order valence-corrected chi connectivity index (χ1v) is 4.89. The van der Waals surface area contributed by atoms with Gasteiger partial charge in [0.25, 0.3) is 0 Å². The smallest absolute Gasteiger partial charge is 0.0410 e. The summed E-state index contributed by atoms with van der Waals surface area (Å²) in [6.45, 7) is 4.03. The van der Waals surface area contributed by atoms with Crippen LogP contribution in [0.1, 0.15) is 12.5 Å². The maximum atomic E-state index is 5.91. The maximum Gasteiger partial charge on any atom is 0.0410 e. The summed E-state index contributed by atoms with van der Waals surface area (Å²) in [6.07, 6.45) is 0. The molecule has 3 heteroatoms. The van der Waals surface area contributed by atoms with Gasteiger partial charge in [-0.3, -0.25) is 0 Å². The van der Waals surface area contributed by atoms with E-state index >= 15 is 0 Å². The Morgan fingerprint density at radius 2 is 2.31 bits per heavy atom. The average Bonchev–Trinajstić information content (AvgIpc) is 2.29. The number of hydrogen-bond acceptors (Lipinski definition) is 2. The van der Waals surface area contributed by atoms with E-state index in [1.54, 1.807) is 0 Å². The van der Waals surface area contributed by atoms with Crippen LogP contribution in [-0.4, -0.2) is 12.6 Å². The minimum atomic E-state index is 0.506. The van der Waals surface area contributed by atoms with Gasteiger partial charge < -0.3 is 10.6 Å². The summed E-state index contributed by atoms with van der Waals surface area (Å²) in [7, 11) is 0. The van der Waals surface area contributed by atoms with Crippen LogP contribution in [-0.2, 0) is 6.54 Å². The highest BCUT2D eigenvalue weighted by Crippen LogP contribution is 2.22. The third kappa shape index (κ3) is 1.95. The highest BCUT2D eigenvalue weighted by atomic mass is 35.5. The Morgan fingerprint density at radius 1 is 1.46 bits per heavy atom. The first-order chi connectivity index (χ1) is 6.25. The summed E-state index contributed by atoms with van der Waals surface area (Å²) >= 11 is 5.91. The lowest BCUT2D eigenvalue weighted by atomic mass is 10.2. The molecule has 1 heterocycles. The van der Waals surface area contributed by atoms with Crippen molar-refractivity contribution in [3.8, 4) is 0 Å². The summed E-state index contributed by atoms with van der Waals surface area (Å²) in [4.78, 5) is 0. The Kier molecular flexibility index (Phi) is 2.42. The van der Waals surface area contributed by atoms with Gasteiger partial charge in [0.05, 0.1) is 0 Å². The molecule has 1 aromatic carbocycles. The molecule has 2 rings (SSSR count). The van der Waals surface area contributed by atoms with Crippen molar-refractivity contribution in [2.45, 2.75) is 19.5 Å². The van der Waals surface area contributed by atoms with Crippen molar-refractivity contribution in [2.24, 2.45) is 0 Å². The zero-order chi connectivity index (χ0) is 9.26. The van der Waals surface area contributed by atoms with Gasteiger partial charge in [0.15, 0.2) is 0 Å². The van der Waals surface area contributed by atoms with Crippen molar-refractivity contribution >= 4 is 17.3 Å². The highest BCUT2D eigenvalue weighted by Gasteiger charge is 2.10. The van der Waals surface area contributed by atoms with Gasteiger partial charge in [0.1, 0.15) is 0 Å². The number of halogens is 1. The Labute approximate surface area is 83.3 Å². The van der Waals surface area contributed by atoms with E-state index in [1.165, 1.54) is 11.3 Å². The van der Waals surface area contributed by atoms with Gasteiger partial charge in [0, 0.05) is 29.8 Å². The summed E-state index contributed by atoms with van der Waals surface area (Å²) in [5.74, 6) is 0. The lowest BCUT2D eigenvalue weighted by Crippen LogP contribution is -2.29. The van der Waals surface area contributed by atoms with Crippen LogP contribution in [0.3, 0.4) is 0 Å². The predicted octanol–water partition coefficient (Wildman–Crippen LogP) is 2.24. The largest absolute Gasteiger partial charge is 0.383 e. The van der Waals surface area contributed by atoms with Crippen LogP contribution in [0, 0.1) is 0 Å². The van der Waals surface area contributed by atoms with Gasteiger partial charge in [-0.1, -0.05) is 11.6 Å². The topological polar surface area (TPSA) is 24.1 Å². The van der Waals surface area contributed by atoms with E-state index in [-0.39, 0.29) is 0 Å². The fourth-order valence-corrected chi connectivity index (χ4v) is 1.70. The van der Waals surface area contributed by atoms with Crippen LogP contribution < -0.4 is 10.6 Å². The van der Waals surface area contributed by atoms with Gasteiger partial charge in [-0.25, -0.2) is 0 Å². The molecule has 0 amide bonds. The molecule has 0 fully saturated rings. The molecule has 13 heavy (non-hydrogen) atoms. The third-order valence-corrected chi connectivity index (χ3v) is 2.54. The first-order valence-electron chi connectivity index (χ1n) is 4.51. The van der Waals surface area contributed by atoms with Gasteiger partial charge in [0.2, 0.25) is 0 Å². The third-order valence-electron chi connectivity index (χ3n) is 2.31.